The highest BCUT2D eigenvalue weighted by Gasteiger charge is 2.14. The summed E-state index contributed by atoms with van der Waals surface area (Å²) >= 11 is 0. The highest BCUT2D eigenvalue weighted by atomic mass is 16.4. The largest absolute Gasteiger partial charge is 0.507 e. The lowest BCUT2D eigenvalue weighted by molar-refractivity contribution is 0.0693. The van der Waals surface area contributed by atoms with Crippen LogP contribution < -0.4 is 0 Å². The predicted molar refractivity (Wildman–Crippen MR) is 110 cm³/mol. The van der Waals surface area contributed by atoms with Crippen molar-refractivity contribution in [3.05, 3.63) is 77.0 Å². The number of hydrogen-bond acceptors (Lipinski definition) is 4. The van der Waals surface area contributed by atoms with Crippen LogP contribution in [0, 0.1) is 0 Å². The van der Waals surface area contributed by atoms with Crippen LogP contribution in [0.1, 0.15) is 58.2 Å². The van der Waals surface area contributed by atoms with Crippen molar-refractivity contribution in [3.8, 4) is 17.1 Å². The quantitative estimate of drug-likeness (QED) is 0.469. The van der Waals surface area contributed by atoms with Crippen molar-refractivity contribution in [3.63, 3.8) is 0 Å². The molecule has 0 saturated carbocycles. The highest BCUT2D eigenvalue weighted by molar-refractivity contribution is 5.96. The van der Waals surface area contributed by atoms with E-state index < -0.39 is 5.97 Å². The van der Waals surface area contributed by atoms with E-state index in [2.05, 4.69) is 6.92 Å². The number of carboxylic acids is 1. The number of hydrogen-bond donors (Lipinski definition) is 2. The maximum atomic E-state index is 12.4. The normalized spacial score (nSPS) is 10.8. The van der Waals surface area contributed by atoms with Gasteiger partial charge < -0.3 is 14.6 Å². The molecule has 0 aliphatic carbocycles. The fraction of sp³-hybridized carbons (Fsp3) is 0.250. The number of carboxylic acid groups (broad SMARTS) is 1. The van der Waals surface area contributed by atoms with Crippen molar-refractivity contribution >= 4 is 11.8 Å². The second-order valence-electron chi connectivity index (χ2n) is 7.03. The van der Waals surface area contributed by atoms with Crippen LogP contribution in [-0.4, -0.2) is 22.0 Å². The number of unbranched alkanes of at least 4 members (excludes halogenated alkanes) is 1. The number of ketones is 1. The molecule has 0 saturated heterocycles. The Labute approximate surface area is 169 Å². The van der Waals surface area contributed by atoms with Gasteiger partial charge in [0, 0.05) is 24.0 Å². The number of carbonyl (C=O) groups is 2. The van der Waals surface area contributed by atoms with Gasteiger partial charge in [0.1, 0.15) is 22.8 Å². The molecular formula is C24H24O5. The molecular weight excluding hydrogens is 368 g/mol. The maximum Gasteiger partial charge on any atom is 0.339 e. The van der Waals surface area contributed by atoms with E-state index in [1.807, 2.05) is 24.3 Å². The summed E-state index contributed by atoms with van der Waals surface area (Å²) in [6, 6.07) is 15.6. The van der Waals surface area contributed by atoms with Gasteiger partial charge >= 0.3 is 5.97 Å². The van der Waals surface area contributed by atoms with Crippen LogP contribution in [0.5, 0.6) is 5.75 Å². The molecule has 1 aromatic heterocycles. The van der Waals surface area contributed by atoms with Crippen molar-refractivity contribution < 1.29 is 24.2 Å². The highest BCUT2D eigenvalue weighted by Crippen LogP contribution is 2.28. The fourth-order valence-electron chi connectivity index (χ4n) is 3.15. The summed E-state index contributed by atoms with van der Waals surface area (Å²) in [7, 11) is 0. The lowest BCUT2D eigenvalue weighted by Gasteiger charge is -2.04. The van der Waals surface area contributed by atoms with Crippen LogP contribution in [-0.2, 0) is 12.8 Å². The third kappa shape index (κ3) is 5.13. The first-order valence-corrected chi connectivity index (χ1v) is 9.75. The minimum atomic E-state index is -1.21. The lowest BCUT2D eigenvalue weighted by Crippen LogP contribution is -2.01. The van der Waals surface area contributed by atoms with Crippen LogP contribution in [0.15, 0.2) is 59.0 Å². The van der Waals surface area contributed by atoms with Crippen molar-refractivity contribution in [1.82, 2.24) is 0 Å². The van der Waals surface area contributed by atoms with E-state index in [1.165, 1.54) is 17.7 Å². The zero-order valence-corrected chi connectivity index (χ0v) is 16.4. The van der Waals surface area contributed by atoms with Crippen molar-refractivity contribution in [1.29, 1.82) is 0 Å². The Morgan fingerprint density at radius 3 is 2.41 bits per heavy atom. The summed E-state index contributed by atoms with van der Waals surface area (Å²) in [4.78, 5) is 23.6. The zero-order chi connectivity index (χ0) is 20.8. The molecule has 0 bridgehead atoms. The molecule has 0 spiro atoms. The van der Waals surface area contributed by atoms with E-state index in [1.54, 1.807) is 18.2 Å². The first kappa shape index (κ1) is 20.4. The van der Waals surface area contributed by atoms with Crippen molar-refractivity contribution in [2.45, 2.75) is 39.0 Å². The van der Waals surface area contributed by atoms with Crippen LogP contribution in [0.4, 0.5) is 0 Å². The number of furan rings is 1. The molecule has 2 N–H and O–H groups in total. The van der Waals surface area contributed by atoms with Gasteiger partial charge in [-0.15, -0.1) is 0 Å². The van der Waals surface area contributed by atoms with Gasteiger partial charge in [-0.3, -0.25) is 4.79 Å². The molecule has 0 amide bonds. The van der Waals surface area contributed by atoms with E-state index in [9.17, 15) is 14.7 Å². The summed E-state index contributed by atoms with van der Waals surface area (Å²) in [5.74, 6) is -0.294. The SMILES string of the molecule is CCCCc1ccc(C(=O)CCc2ccc(-c3ccc(O)c(C(=O)O)c3)o2)cc1. The smallest absolute Gasteiger partial charge is 0.339 e. The Hall–Kier alpha value is -3.34. The average molecular weight is 392 g/mol. The summed E-state index contributed by atoms with van der Waals surface area (Å²) in [5.41, 5.74) is 2.31. The first-order valence-electron chi connectivity index (χ1n) is 9.75. The zero-order valence-electron chi connectivity index (χ0n) is 16.4. The number of Topliss-reactive ketones (excluding diaryl/α,β-unsaturated/α-hetero) is 1. The number of phenols is 1. The minimum Gasteiger partial charge on any atom is -0.507 e. The second kappa shape index (κ2) is 9.24. The predicted octanol–water partition coefficient (Wildman–Crippen LogP) is 5.51. The van der Waals surface area contributed by atoms with Crippen LogP contribution in [0.3, 0.4) is 0 Å². The number of aromatic hydroxyl groups is 1. The van der Waals surface area contributed by atoms with Gasteiger partial charge in [-0.05, 0) is 48.7 Å². The summed E-state index contributed by atoms with van der Waals surface area (Å²) < 4.78 is 5.77. The van der Waals surface area contributed by atoms with E-state index in [4.69, 9.17) is 9.52 Å². The number of rotatable bonds is 9. The standard InChI is InChI=1S/C24H24O5/c1-2-3-4-16-5-7-17(8-6-16)21(25)13-10-19-11-14-23(29-19)18-9-12-22(26)20(15-18)24(27)28/h5-9,11-12,14-15,26H,2-4,10,13H2,1H3,(H,27,28). The molecule has 0 atom stereocenters. The van der Waals surface area contributed by atoms with Gasteiger partial charge in [-0.1, -0.05) is 37.6 Å². The Balaban J connectivity index is 1.62. The van der Waals surface area contributed by atoms with Crippen molar-refractivity contribution in [2.24, 2.45) is 0 Å². The molecule has 3 aromatic rings. The summed E-state index contributed by atoms with van der Waals surface area (Å²) in [6.07, 6.45) is 4.11. The molecule has 1 heterocycles. The van der Waals surface area contributed by atoms with Gasteiger partial charge in [0.2, 0.25) is 0 Å². The number of aryl methyl sites for hydroxylation is 2. The molecule has 5 nitrogen and oxygen atoms in total. The van der Waals surface area contributed by atoms with Gasteiger partial charge in [-0.2, -0.15) is 0 Å². The van der Waals surface area contributed by atoms with Gasteiger partial charge in [0.05, 0.1) is 0 Å². The topological polar surface area (TPSA) is 87.7 Å². The fourth-order valence-corrected chi connectivity index (χ4v) is 3.15. The third-order valence-corrected chi connectivity index (χ3v) is 4.87. The molecule has 29 heavy (non-hydrogen) atoms. The molecule has 0 aliphatic heterocycles. The Bertz CT molecular complexity index is 998. The first-order chi connectivity index (χ1) is 14.0. The van der Waals surface area contributed by atoms with Crippen LogP contribution in [0.2, 0.25) is 0 Å². The molecule has 5 heteroatoms. The van der Waals surface area contributed by atoms with Crippen molar-refractivity contribution in [2.75, 3.05) is 0 Å². The van der Waals surface area contributed by atoms with E-state index in [-0.39, 0.29) is 17.1 Å². The van der Waals surface area contributed by atoms with Gasteiger partial charge in [-0.25, -0.2) is 4.79 Å². The lowest BCUT2D eigenvalue weighted by atomic mass is 10.0. The number of aromatic carboxylic acids is 1. The van der Waals surface area contributed by atoms with Gasteiger partial charge in [0.25, 0.3) is 0 Å². The molecule has 0 radical (unpaired) electrons. The van der Waals surface area contributed by atoms with E-state index >= 15 is 0 Å². The molecule has 2 aromatic carbocycles. The molecule has 0 unspecified atom stereocenters. The molecule has 0 aliphatic rings. The van der Waals surface area contributed by atoms with Crippen LogP contribution in [0.25, 0.3) is 11.3 Å². The molecule has 150 valence electrons. The van der Waals surface area contributed by atoms with Gasteiger partial charge in [0.15, 0.2) is 5.78 Å². The monoisotopic (exact) mass is 392 g/mol. The Kier molecular flexibility index (Phi) is 6.50. The number of benzene rings is 2. The molecule has 0 fully saturated rings. The number of carbonyl (C=O) groups excluding carboxylic acids is 1. The molecule has 3 rings (SSSR count). The third-order valence-electron chi connectivity index (χ3n) is 4.87. The van der Waals surface area contributed by atoms with E-state index in [0.717, 1.165) is 19.3 Å². The average Bonchev–Trinajstić information content (AvgIpc) is 3.20. The summed E-state index contributed by atoms with van der Waals surface area (Å²) in [5, 5.41) is 18.7. The maximum absolute atomic E-state index is 12.4. The summed E-state index contributed by atoms with van der Waals surface area (Å²) in [6.45, 7) is 2.16. The Morgan fingerprint density at radius 1 is 0.966 bits per heavy atom. The van der Waals surface area contributed by atoms with Crippen LogP contribution >= 0.6 is 0 Å². The van der Waals surface area contributed by atoms with E-state index in [0.29, 0.717) is 35.5 Å². The Morgan fingerprint density at radius 2 is 1.72 bits per heavy atom. The second-order valence-corrected chi connectivity index (χ2v) is 7.03. The minimum absolute atomic E-state index is 0.0581.